The molecule has 0 radical (unpaired) electrons. The molecule has 1 aromatic carbocycles. The van der Waals surface area contributed by atoms with Crippen LogP contribution in [0.2, 0.25) is 0 Å². The third kappa shape index (κ3) is 1.21. The highest BCUT2D eigenvalue weighted by Gasteiger charge is 2.22. The van der Waals surface area contributed by atoms with Crippen LogP contribution in [0.25, 0.3) is 11.3 Å². The molecule has 0 bridgehead atoms. The van der Waals surface area contributed by atoms with E-state index >= 15 is 0 Å². The summed E-state index contributed by atoms with van der Waals surface area (Å²) in [4.78, 5) is 0. The fourth-order valence-corrected chi connectivity index (χ4v) is 2.41. The van der Waals surface area contributed by atoms with E-state index in [0.717, 1.165) is 27.0 Å². The van der Waals surface area contributed by atoms with Gasteiger partial charge in [0.2, 0.25) is 0 Å². The average molecular weight is 265 g/mol. The van der Waals surface area contributed by atoms with Gasteiger partial charge in [0.25, 0.3) is 0 Å². The third-order valence-electron chi connectivity index (χ3n) is 2.61. The quantitative estimate of drug-likeness (QED) is 0.732. The Bertz CT molecular complexity index is 533. The second-order valence-electron chi connectivity index (χ2n) is 3.55. The summed E-state index contributed by atoms with van der Waals surface area (Å²) in [6, 6.07) is 6.05. The lowest BCUT2D eigenvalue weighted by Gasteiger charge is -2.19. The maximum Gasteiger partial charge on any atom is 0.143 e. The summed E-state index contributed by atoms with van der Waals surface area (Å²) in [6.07, 6.45) is 1.86. The average Bonchev–Trinajstić information content (AvgIpc) is 2.61. The Hall–Kier alpha value is -1.29. The van der Waals surface area contributed by atoms with Crippen molar-refractivity contribution in [2.45, 2.75) is 6.61 Å². The standard InChI is InChI=1S/C11H9BrN2O/c1-14-10-7(5-13-14)6-15-11-8(10)3-2-4-9(11)12/h2-5H,6H2,1H3. The van der Waals surface area contributed by atoms with E-state index in [1.54, 1.807) is 0 Å². The minimum absolute atomic E-state index is 0.596. The van der Waals surface area contributed by atoms with Crippen molar-refractivity contribution in [2.24, 2.45) is 7.05 Å². The van der Waals surface area contributed by atoms with Gasteiger partial charge in [0.1, 0.15) is 12.4 Å². The Labute approximate surface area is 95.8 Å². The normalized spacial score (nSPS) is 12.9. The van der Waals surface area contributed by atoms with Gasteiger partial charge in [-0.05, 0) is 28.1 Å². The van der Waals surface area contributed by atoms with Gasteiger partial charge in [-0.25, -0.2) is 0 Å². The van der Waals surface area contributed by atoms with Gasteiger partial charge in [-0.3, -0.25) is 4.68 Å². The van der Waals surface area contributed by atoms with Crippen molar-refractivity contribution < 1.29 is 4.74 Å². The summed E-state index contributed by atoms with van der Waals surface area (Å²) in [5, 5.41) is 4.25. The lowest BCUT2D eigenvalue weighted by Crippen LogP contribution is -2.06. The Morgan fingerprint density at radius 2 is 2.33 bits per heavy atom. The summed E-state index contributed by atoms with van der Waals surface area (Å²) >= 11 is 3.49. The Morgan fingerprint density at radius 3 is 3.20 bits per heavy atom. The molecule has 0 fully saturated rings. The number of nitrogens with zero attached hydrogens (tertiary/aromatic N) is 2. The molecule has 0 atom stereocenters. The largest absolute Gasteiger partial charge is 0.487 e. The van der Waals surface area contributed by atoms with Crippen molar-refractivity contribution in [1.82, 2.24) is 9.78 Å². The van der Waals surface area contributed by atoms with Crippen LogP contribution in [-0.2, 0) is 13.7 Å². The number of fused-ring (bicyclic) bond motifs is 3. The zero-order chi connectivity index (χ0) is 10.4. The highest BCUT2D eigenvalue weighted by Crippen LogP contribution is 2.41. The molecule has 2 aromatic rings. The first-order valence-corrected chi connectivity index (χ1v) is 5.49. The topological polar surface area (TPSA) is 27.1 Å². The number of benzene rings is 1. The molecule has 0 saturated heterocycles. The van der Waals surface area contributed by atoms with Crippen LogP contribution in [0.15, 0.2) is 28.9 Å². The highest BCUT2D eigenvalue weighted by atomic mass is 79.9. The Balaban J connectivity index is 2.33. The molecule has 0 aliphatic carbocycles. The van der Waals surface area contributed by atoms with E-state index in [1.165, 1.54) is 0 Å². The molecule has 1 aliphatic heterocycles. The Morgan fingerprint density at radius 1 is 1.47 bits per heavy atom. The number of aryl methyl sites for hydroxylation is 1. The van der Waals surface area contributed by atoms with Crippen LogP contribution >= 0.6 is 15.9 Å². The molecule has 3 rings (SSSR count). The van der Waals surface area contributed by atoms with E-state index in [9.17, 15) is 0 Å². The van der Waals surface area contributed by atoms with Gasteiger partial charge in [-0.1, -0.05) is 6.07 Å². The molecule has 3 nitrogen and oxygen atoms in total. The van der Waals surface area contributed by atoms with Crippen LogP contribution in [0.1, 0.15) is 5.56 Å². The molecular weight excluding hydrogens is 256 g/mol. The predicted octanol–water partition coefficient (Wildman–Crippen LogP) is 2.74. The summed E-state index contributed by atoms with van der Waals surface area (Å²) in [7, 11) is 1.95. The molecule has 0 N–H and O–H groups in total. The second-order valence-corrected chi connectivity index (χ2v) is 4.40. The van der Waals surface area contributed by atoms with Crippen molar-refractivity contribution in [3.8, 4) is 17.0 Å². The molecule has 0 amide bonds. The van der Waals surface area contributed by atoms with Crippen LogP contribution in [0.3, 0.4) is 0 Å². The maximum atomic E-state index is 5.69. The van der Waals surface area contributed by atoms with Gasteiger partial charge in [0.15, 0.2) is 0 Å². The lowest BCUT2D eigenvalue weighted by molar-refractivity contribution is 0.300. The first-order valence-electron chi connectivity index (χ1n) is 4.70. The van der Waals surface area contributed by atoms with Crippen molar-refractivity contribution in [2.75, 3.05) is 0 Å². The number of rotatable bonds is 0. The number of halogens is 1. The fourth-order valence-electron chi connectivity index (χ4n) is 1.93. The summed E-state index contributed by atoms with van der Waals surface area (Å²) < 4.78 is 8.58. The van der Waals surface area contributed by atoms with Crippen molar-refractivity contribution in [1.29, 1.82) is 0 Å². The van der Waals surface area contributed by atoms with Crippen LogP contribution in [0, 0.1) is 0 Å². The minimum Gasteiger partial charge on any atom is -0.487 e. The van der Waals surface area contributed by atoms with Crippen LogP contribution in [0.4, 0.5) is 0 Å². The smallest absolute Gasteiger partial charge is 0.143 e. The second kappa shape index (κ2) is 3.10. The van der Waals surface area contributed by atoms with E-state index in [-0.39, 0.29) is 0 Å². The van der Waals surface area contributed by atoms with Gasteiger partial charge in [-0.15, -0.1) is 0 Å². The van der Waals surface area contributed by atoms with Crippen molar-refractivity contribution in [3.63, 3.8) is 0 Å². The molecule has 0 spiro atoms. The SMILES string of the molecule is Cn1ncc2c1-c1cccc(Br)c1OC2. The first kappa shape index (κ1) is 8.97. The molecule has 1 aromatic heterocycles. The minimum atomic E-state index is 0.596. The van der Waals surface area contributed by atoms with Gasteiger partial charge in [0, 0.05) is 18.2 Å². The molecular formula is C11H9BrN2O. The fraction of sp³-hybridized carbons (Fsp3) is 0.182. The zero-order valence-electron chi connectivity index (χ0n) is 8.20. The molecule has 1 aliphatic rings. The third-order valence-corrected chi connectivity index (χ3v) is 3.23. The molecule has 4 heteroatoms. The summed E-state index contributed by atoms with van der Waals surface area (Å²) in [5.74, 6) is 0.911. The number of para-hydroxylation sites is 1. The Kier molecular flexibility index (Phi) is 1.85. The van der Waals surface area contributed by atoms with Crippen molar-refractivity contribution >= 4 is 15.9 Å². The number of ether oxygens (including phenoxy) is 1. The molecule has 0 saturated carbocycles. The van der Waals surface area contributed by atoms with Crippen LogP contribution in [0.5, 0.6) is 5.75 Å². The van der Waals surface area contributed by atoms with Crippen molar-refractivity contribution in [3.05, 3.63) is 34.4 Å². The number of hydrogen-bond donors (Lipinski definition) is 0. The van der Waals surface area contributed by atoms with E-state index in [2.05, 4.69) is 27.1 Å². The maximum absolute atomic E-state index is 5.69. The monoisotopic (exact) mass is 264 g/mol. The van der Waals surface area contributed by atoms with E-state index < -0.39 is 0 Å². The molecule has 0 unspecified atom stereocenters. The number of aromatic nitrogens is 2. The lowest BCUT2D eigenvalue weighted by atomic mass is 10.1. The summed E-state index contributed by atoms with van der Waals surface area (Å²) in [6.45, 7) is 0.596. The first-order chi connectivity index (χ1) is 7.27. The molecule has 76 valence electrons. The van der Waals surface area contributed by atoms with Gasteiger partial charge < -0.3 is 4.74 Å². The van der Waals surface area contributed by atoms with E-state index in [0.29, 0.717) is 6.61 Å². The molecule has 2 heterocycles. The van der Waals surface area contributed by atoms with Crippen LogP contribution in [-0.4, -0.2) is 9.78 Å². The van der Waals surface area contributed by atoms with E-state index in [1.807, 2.05) is 30.1 Å². The predicted molar refractivity (Wildman–Crippen MR) is 60.7 cm³/mol. The van der Waals surface area contributed by atoms with Gasteiger partial charge in [0.05, 0.1) is 16.4 Å². The van der Waals surface area contributed by atoms with Gasteiger partial charge in [-0.2, -0.15) is 5.10 Å². The zero-order valence-corrected chi connectivity index (χ0v) is 9.78. The van der Waals surface area contributed by atoms with E-state index in [4.69, 9.17) is 4.74 Å². The summed E-state index contributed by atoms with van der Waals surface area (Å²) in [5.41, 5.74) is 3.39. The molecule has 15 heavy (non-hydrogen) atoms. The number of hydrogen-bond acceptors (Lipinski definition) is 2. The van der Waals surface area contributed by atoms with Gasteiger partial charge >= 0.3 is 0 Å². The highest BCUT2D eigenvalue weighted by molar-refractivity contribution is 9.10. The van der Waals surface area contributed by atoms with Crippen LogP contribution < -0.4 is 4.74 Å².